The Balaban J connectivity index is 0.000000165. The molecule has 4 rings (SSSR count). The fourth-order valence-electron chi connectivity index (χ4n) is 2.70. The highest BCUT2D eigenvalue weighted by Crippen LogP contribution is 2.09. The molecule has 164 valence electrons. The molecule has 0 aliphatic rings. The van der Waals surface area contributed by atoms with Crippen LogP contribution in [-0.4, -0.2) is 27.5 Å². The number of hydrogen-bond donors (Lipinski definition) is 1. The van der Waals surface area contributed by atoms with E-state index in [1.165, 1.54) is 36.2 Å². The van der Waals surface area contributed by atoms with Crippen molar-refractivity contribution in [3.63, 3.8) is 0 Å². The summed E-state index contributed by atoms with van der Waals surface area (Å²) in [4.78, 5) is 8.33. The summed E-state index contributed by atoms with van der Waals surface area (Å²) in [6.45, 7) is 4.04. The van der Waals surface area contributed by atoms with Crippen LogP contribution in [0.2, 0.25) is 0 Å². The Morgan fingerprint density at radius 3 is 2.19 bits per heavy atom. The molecule has 0 spiro atoms. The van der Waals surface area contributed by atoms with E-state index in [0.29, 0.717) is 0 Å². The van der Waals surface area contributed by atoms with Crippen molar-refractivity contribution in [1.29, 1.82) is 0 Å². The van der Waals surface area contributed by atoms with Gasteiger partial charge in [-0.05, 0) is 37.6 Å². The monoisotopic (exact) mass is 439 g/mol. The van der Waals surface area contributed by atoms with Crippen molar-refractivity contribution in [2.75, 3.05) is 0 Å². The molecular formula is C24H29N3O3S. The van der Waals surface area contributed by atoms with Crippen molar-refractivity contribution >= 4 is 21.0 Å². The van der Waals surface area contributed by atoms with Gasteiger partial charge in [-0.15, -0.1) is 0 Å². The van der Waals surface area contributed by atoms with Gasteiger partial charge < -0.3 is 4.57 Å². The Morgan fingerprint density at radius 1 is 0.935 bits per heavy atom. The zero-order valence-corrected chi connectivity index (χ0v) is 19.0. The number of unbranched alkanes of at least 4 members (excludes halogenated alkanes) is 1. The Kier molecular flexibility index (Phi) is 9.37. The average molecular weight is 440 g/mol. The fraction of sp³-hybridized carbons (Fsp3) is 0.250. The predicted molar refractivity (Wildman–Crippen MR) is 125 cm³/mol. The number of rotatable bonds is 4. The van der Waals surface area contributed by atoms with Crippen molar-refractivity contribution in [1.82, 2.24) is 14.5 Å². The van der Waals surface area contributed by atoms with Crippen LogP contribution in [0.15, 0.2) is 84.1 Å². The Labute approximate surface area is 184 Å². The smallest absolute Gasteiger partial charge is 0.294 e. The molecule has 4 aromatic rings. The molecule has 2 aromatic heterocycles. The number of imidazole rings is 1. The maximum atomic E-state index is 10.5. The average Bonchev–Trinajstić information content (AvgIpc) is 3.17. The standard InChI is InChI=1S/C9H7N.C8H14N2.C7H8O3S/c1-2-6-9-8(4-1)5-3-7-10-9;1-3-4-5-8-9-6-7-10(8)2;1-6-2-4-7(5-3-6)11(8,9)10/h1-7H;6-7H,3-5H2,1-2H3;2-5H,1H3,(H,8,9,10). The minimum absolute atomic E-state index is 0.0666. The zero-order chi connectivity index (χ0) is 22.7. The number of aryl methyl sites for hydroxylation is 3. The largest absolute Gasteiger partial charge is 0.338 e. The van der Waals surface area contributed by atoms with E-state index >= 15 is 0 Å². The lowest BCUT2D eigenvalue weighted by Gasteiger charge is -1.97. The lowest BCUT2D eigenvalue weighted by atomic mass is 10.2. The molecule has 6 nitrogen and oxygen atoms in total. The van der Waals surface area contributed by atoms with Gasteiger partial charge in [-0.25, -0.2) is 4.98 Å². The summed E-state index contributed by atoms with van der Waals surface area (Å²) in [6.07, 6.45) is 9.25. The van der Waals surface area contributed by atoms with Crippen LogP contribution in [0.1, 0.15) is 31.2 Å². The molecule has 0 aliphatic heterocycles. The number of fused-ring (bicyclic) bond motifs is 1. The van der Waals surface area contributed by atoms with Crippen LogP contribution in [0, 0.1) is 6.92 Å². The van der Waals surface area contributed by atoms with Gasteiger partial charge in [0.2, 0.25) is 0 Å². The second-order valence-electron chi connectivity index (χ2n) is 7.04. The maximum Gasteiger partial charge on any atom is 0.294 e. The molecule has 0 atom stereocenters. The van der Waals surface area contributed by atoms with Gasteiger partial charge in [-0.3, -0.25) is 9.54 Å². The van der Waals surface area contributed by atoms with Crippen LogP contribution in [0.25, 0.3) is 10.9 Å². The van der Waals surface area contributed by atoms with Crippen molar-refractivity contribution in [3.8, 4) is 0 Å². The molecule has 2 aromatic carbocycles. The summed E-state index contributed by atoms with van der Waals surface area (Å²) in [6, 6.07) is 18.1. The minimum atomic E-state index is -4.02. The van der Waals surface area contributed by atoms with E-state index in [0.717, 1.165) is 17.5 Å². The molecule has 2 heterocycles. The highest BCUT2D eigenvalue weighted by molar-refractivity contribution is 7.85. The molecule has 0 saturated heterocycles. The third kappa shape index (κ3) is 8.32. The molecular weight excluding hydrogens is 410 g/mol. The molecule has 0 saturated carbocycles. The SMILES string of the molecule is CCCCc1nccn1C.Cc1ccc(S(=O)(=O)O)cc1.c1ccc2ncccc2c1. The van der Waals surface area contributed by atoms with E-state index in [9.17, 15) is 8.42 Å². The van der Waals surface area contributed by atoms with E-state index in [-0.39, 0.29) is 4.90 Å². The van der Waals surface area contributed by atoms with Gasteiger partial charge in [0.05, 0.1) is 10.4 Å². The second kappa shape index (κ2) is 12.0. The highest BCUT2D eigenvalue weighted by Gasteiger charge is 2.06. The number of hydrogen-bond acceptors (Lipinski definition) is 4. The summed E-state index contributed by atoms with van der Waals surface area (Å²) in [5.74, 6) is 1.20. The number of aromatic nitrogens is 3. The van der Waals surface area contributed by atoms with Crippen LogP contribution in [0.5, 0.6) is 0 Å². The molecule has 1 N–H and O–H groups in total. The first-order valence-corrected chi connectivity index (χ1v) is 11.6. The summed E-state index contributed by atoms with van der Waals surface area (Å²) < 4.78 is 31.6. The lowest BCUT2D eigenvalue weighted by Crippen LogP contribution is -1.96. The normalized spacial score (nSPS) is 10.6. The highest BCUT2D eigenvalue weighted by atomic mass is 32.2. The van der Waals surface area contributed by atoms with Crippen LogP contribution < -0.4 is 0 Å². The van der Waals surface area contributed by atoms with E-state index in [4.69, 9.17) is 4.55 Å². The molecule has 0 fully saturated rings. The van der Waals surface area contributed by atoms with Gasteiger partial charge in [0.15, 0.2) is 0 Å². The Hall–Kier alpha value is -3.03. The molecule has 0 bridgehead atoms. The predicted octanol–water partition coefficient (Wildman–Crippen LogP) is 5.24. The van der Waals surface area contributed by atoms with Crippen LogP contribution >= 0.6 is 0 Å². The molecule has 0 unspecified atom stereocenters. The lowest BCUT2D eigenvalue weighted by molar-refractivity contribution is 0.483. The summed E-state index contributed by atoms with van der Waals surface area (Å²) in [7, 11) is -1.98. The van der Waals surface area contributed by atoms with E-state index in [1.807, 2.05) is 56.8 Å². The van der Waals surface area contributed by atoms with Crippen LogP contribution in [0.3, 0.4) is 0 Å². The van der Waals surface area contributed by atoms with Crippen molar-refractivity contribution in [2.45, 2.75) is 38.0 Å². The molecule has 31 heavy (non-hydrogen) atoms. The third-order valence-corrected chi connectivity index (χ3v) is 5.37. The van der Waals surface area contributed by atoms with Gasteiger partial charge in [0.1, 0.15) is 5.82 Å². The first-order valence-electron chi connectivity index (χ1n) is 10.1. The maximum absolute atomic E-state index is 10.5. The third-order valence-electron chi connectivity index (χ3n) is 4.51. The van der Waals surface area contributed by atoms with Gasteiger partial charge in [0.25, 0.3) is 10.1 Å². The van der Waals surface area contributed by atoms with Crippen molar-refractivity contribution < 1.29 is 13.0 Å². The Bertz CT molecular complexity index is 1100. The van der Waals surface area contributed by atoms with Crippen molar-refractivity contribution in [2.24, 2.45) is 7.05 Å². The number of pyridine rings is 1. The van der Waals surface area contributed by atoms with E-state index in [1.54, 1.807) is 12.1 Å². The van der Waals surface area contributed by atoms with Crippen LogP contribution in [0.4, 0.5) is 0 Å². The number of benzene rings is 2. The molecule has 7 heteroatoms. The van der Waals surface area contributed by atoms with E-state index < -0.39 is 10.1 Å². The fourth-order valence-corrected chi connectivity index (χ4v) is 3.18. The number of nitrogens with zero attached hydrogens (tertiary/aromatic N) is 3. The second-order valence-corrected chi connectivity index (χ2v) is 8.46. The first kappa shape index (κ1) is 24.2. The molecule has 0 radical (unpaired) electrons. The first-order chi connectivity index (χ1) is 14.8. The van der Waals surface area contributed by atoms with Crippen LogP contribution in [-0.2, 0) is 23.6 Å². The summed E-state index contributed by atoms with van der Waals surface area (Å²) in [5, 5.41) is 1.20. The molecule has 0 aliphatic carbocycles. The van der Waals surface area contributed by atoms with Gasteiger partial charge in [0, 0.05) is 37.4 Å². The van der Waals surface area contributed by atoms with Crippen molar-refractivity contribution in [3.05, 3.63) is 90.6 Å². The quantitative estimate of drug-likeness (QED) is 0.440. The Morgan fingerprint density at radius 2 is 1.61 bits per heavy atom. The zero-order valence-electron chi connectivity index (χ0n) is 18.1. The summed E-state index contributed by atoms with van der Waals surface area (Å²) >= 11 is 0. The minimum Gasteiger partial charge on any atom is -0.338 e. The van der Waals surface area contributed by atoms with Gasteiger partial charge in [-0.2, -0.15) is 8.42 Å². The summed E-state index contributed by atoms with van der Waals surface area (Å²) in [5.41, 5.74) is 2.02. The van der Waals surface area contributed by atoms with Gasteiger partial charge >= 0.3 is 0 Å². The van der Waals surface area contributed by atoms with E-state index in [2.05, 4.69) is 33.6 Å². The van der Waals surface area contributed by atoms with Gasteiger partial charge in [-0.1, -0.05) is 55.3 Å². The molecule has 0 amide bonds. The topological polar surface area (TPSA) is 85.1 Å². The number of para-hydroxylation sites is 1.